The Morgan fingerprint density at radius 2 is 1.59 bits per heavy atom. The van der Waals surface area contributed by atoms with Crippen LogP contribution in [0.25, 0.3) is 0 Å². The van der Waals surface area contributed by atoms with Crippen LogP contribution in [0.5, 0.6) is 0 Å². The molecule has 3 rings (SSSR count). The Hall–Kier alpha value is -3.71. The fourth-order valence-electron chi connectivity index (χ4n) is 3.60. The molecule has 14 heteroatoms. The molecule has 1 aliphatic rings. The number of amides is 2. The highest BCUT2D eigenvalue weighted by atomic mass is 19.4. The fourth-order valence-corrected chi connectivity index (χ4v) is 3.60. The Morgan fingerprint density at radius 3 is 2.11 bits per heavy atom. The normalized spacial score (nSPS) is 17.2. The molecule has 1 heterocycles. The highest BCUT2D eigenvalue weighted by Crippen LogP contribution is 2.24. The summed E-state index contributed by atoms with van der Waals surface area (Å²) in [5.74, 6) is -3.18. The second kappa shape index (κ2) is 12.5. The van der Waals surface area contributed by atoms with Crippen molar-refractivity contribution in [2.24, 2.45) is 0 Å². The van der Waals surface area contributed by atoms with E-state index in [0.29, 0.717) is 11.6 Å². The lowest BCUT2D eigenvalue weighted by Gasteiger charge is -2.31. The van der Waals surface area contributed by atoms with Crippen LogP contribution in [0.2, 0.25) is 0 Å². The maximum absolute atomic E-state index is 13.4. The van der Waals surface area contributed by atoms with E-state index in [1.165, 1.54) is 18.0 Å². The summed E-state index contributed by atoms with van der Waals surface area (Å²) in [5.41, 5.74) is 1.32. The molecule has 37 heavy (non-hydrogen) atoms. The number of nitrogens with one attached hydrogen (secondary N) is 2. The van der Waals surface area contributed by atoms with Gasteiger partial charge in [-0.05, 0) is 44.7 Å². The van der Waals surface area contributed by atoms with Gasteiger partial charge in [0.2, 0.25) is 5.95 Å². The minimum atomic E-state index is -5.08. The zero-order valence-electron chi connectivity index (χ0n) is 20.7. The van der Waals surface area contributed by atoms with E-state index in [-0.39, 0.29) is 18.1 Å². The summed E-state index contributed by atoms with van der Waals surface area (Å²) in [6, 6.07) is 3.33. The number of carboxylic acids is 1. The Labute approximate surface area is 210 Å². The van der Waals surface area contributed by atoms with Crippen LogP contribution >= 0.6 is 0 Å². The lowest BCUT2D eigenvalue weighted by atomic mass is 9.91. The topological polar surface area (TPSA) is 111 Å². The number of rotatable bonds is 5. The number of benzene rings is 1. The molecular formula is C23H29F5N6O3. The molecule has 2 aromatic rings. The average molecular weight is 533 g/mol. The highest BCUT2D eigenvalue weighted by Gasteiger charge is 2.38. The van der Waals surface area contributed by atoms with Gasteiger partial charge in [0.15, 0.2) is 11.6 Å². The molecule has 0 radical (unpaired) electrons. The summed E-state index contributed by atoms with van der Waals surface area (Å²) < 4.78 is 58.3. The molecule has 9 nitrogen and oxygen atoms in total. The summed E-state index contributed by atoms with van der Waals surface area (Å²) in [6.45, 7) is 1.98. The van der Waals surface area contributed by atoms with Crippen molar-refractivity contribution in [3.63, 3.8) is 0 Å². The molecule has 2 amide bonds. The monoisotopic (exact) mass is 532 g/mol. The average Bonchev–Trinajstić information content (AvgIpc) is 2.82. The number of aromatic nitrogens is 2. The highest BCUT2D eigenvalue weighted by molar-refractivity contribution is 5.91. The van der Waals surface area contributed by atoms with E-state index in [4.69, 9.17) is 9.90 Å². The fraction of sp³-hybridized carbons (Fsp3) is 0.478. The van der Waals surface area contributed by atoms with Gasteiger partial charge in [-0.2, -0.15) is 18.2 Å². The molecule has 1 aliphatic carbocycles. The van der Waals surface area contributed by atoms with Crippen molar-refractivity contribution in [1.82, 2.24) is 15.3 Å². The summed E-state index contributed by atoms with van der Waals surface area (Å²) >= 11 is 0. The Morgan fingerprint density at radius 1 is 1.03 bits per heavy atom. The molecule has 1 fully saturated rings. The van der Waals surface area contributed by atoms with E-state index in [0.717, 1.165) is 49.2 Å². The van der Waals surface area contributed by atoms with Gasteiger partial charge >= 0.3 is 18.2 Å². The number of aryl methyl sites for hydroxylation is 1. The van der Waals surface area contributed by atoms with Crippen LogP contribution in [-0.2, 0) is 4.79 Å². The molecule has 1 saturated carbocycles. The molecule has 1 aromatic heterocycles. The number of halogens is 5. The van der Waals surface area contributed by atoms with Crippen LogP contribution in [-0.4, -0.2) is 66.5 Å². The van der Waals surface area contributed by atoms with Gasteiger partial charge in [0.05, 0.1) is 0 Å². The predicted molar refractivity (Wildman–Crippen MR) is 128 cm³/mol. The summed E-state index contributed by atoms with van der Waals surface area (Å²) in [4.78, 5) is 33.6. The molecule has 0 unspecified atom stereocenters. The number of urea groups is 1. The number of nitrogens with zero attached hydrogens (tertiary/aromatic N) is 4. The van der Waals surface area contributed by atoms with Crippen LogP contribution < -0.4 is 20.4 Å². The van der Waals surface area contributed by atoms with E-state index >= 15 is 0 Å². The van der Waals surface area contributed by atoms with Crippen LogP contribution in [0.15, 0.2) is 24.4 Å². The van der Waals surface area contributed by atoms with Gasteiger partial charge in [-0.3, -0.25) is 4.90 Å². The minimum Gasteiger partial charge on any atom is -0.475 e. The number of hydrogen-bond acceptors (Lipinski definition) is 6. The SMILES string of the molecule is Cc1cnc(NC2CCC(NC(=O)N(C)c3ccc(F)c(F)c3)CC2)nc1N(C)C.O=C(O)C(F)(F)F. The van der Waals surface area contributed by atoms with Crippen molar-refractivity contribution in [3.05, 3.63) is 41.6 Å². The molecule has 0 atom stereocenters. The number of alkyl halides is 3. The molecule has 204 valence electrons. The molecule has 0 saturated heterocycles. The molecule has 0 aliphatic heterocycles. The maximum Gasteiger partial charge on any atom is 0.490 e. The molecule has 3 N–H and O–H groups in total. The van der Waals surface area contributed by atoms with Crippen molar-refractivity contribution in [2.45, 2.75) is 50.9 Å². The van der Waals surface area contributed by atoms with E-state index in [1.807, 2.05) is 32.1 Å². The molecular weight excluding hydrogens is 503 g/mol. The third-order valence-corrected chi connectivity index (χ3v) is 5.59. The standard InChI is InChI=1S/C21H28F2N6O.C2HF3O2/c1-13-12-24-20(27-19(13)28(2)3)25-14-5-7-15(8-6-14)26-21(30)29(4)16-9-10-17(22)18(23)11-16;3-2(4,5)1(6)7/h9-12,14-15H,5-8H2,1-4H3,(H,26,30)(H,24,25,27);(H,6,7). The van der Waals surface area contributed by atoms with Crippen molar-refractivity contribution in [3.8, 4) is 0 Å². The van der Waals surface area contributed by atoms with Gasteiger partial charge in [0.1, 0.15) is 5.82 Å². The number of carbonyl (C=O) groups excluding carboxylic acids is 1. The smallest absolute Gasteiger partial charge is 0.475 e. The Bertz CT molecular complexity index is 1090. The zero-order chi connectivity index (χ0) is 27.9. The van der Waals surface area contributed by atoms with E-state index in [1.54, 1.807) is 0 Å². The van der Waals surface area contributed by atoms with Gasteiger partial charge in [0.25, 0.3) is 0 Å². The van der Waals surface area contributed by atoms with Crippen molar-refractivity contribution in [2.75, 3.05) is 36.3 Å². The largest absolute Gasteiger partial charge is 0.490 e. The zero-order valence-corrected chi connectivity index (χ0v) is 20.7. The van der Waals surface area contributed by atoms with Gasteiger partial charge in [-0.25, -0.2) is 23.4 Å². The van der Waals surface area contributed by atoms with Crippen LogP contribution in [0.3, 0.4) is 0 Å². The van der Waals surface area contributed by atoms with E-state index in [2.05, 4.69) is 20.6 Å². The summed E-state index contributed by atoms with van der Waals surface area (Å²) in [7, 11) is 5.43. The molecule has 1 aromatic carbocycles. The molecule has 0 spiro atoms. The first-order chi connectivity index (χ1) is 17.2. The van der Waals surface area contributed by atoms with Crippen LogP contribution in [0.4, 0.5) is 44.2 Å². The van der Waals surface area contributed by atoms with Gasteiger partial charge in [0, 0.05) is 56.7 Å². The minimum absolute atomic E-state index is 0.0274. The first-order valence-corrected chi connectivity index (χ1v) is 11.3. The number of hydrogen-bond donors (Lipinski definition) is 3. The van der Waals surface area contributed by atoms with Gasteiger partial charge in [-0.15, -0.1) is 0 Å². The first kappa shape index (κ1) is 29.5. The lowest BCUT2D eigenvalue weighted by molar-refractivity contribution is -0.192. The Balaban J connectivity index is 0.000000604. The third-order valence-electron chi connectivity index (χ3n) is 5.59. The second-order valence-electron chi connectivity index (χ2n) is 8.70. The van der Waals surface area contributed by atoms with Crippen LogP contribution in [0, 0.1) is 18.6 Å². The maximum atomic E-state index is 13.4. The van der Waals surface area contributed by atoms with E-state index < -0.39 is 23.8 Å². The van der Waals surface area contributed by atoms with E-state index in [9.17, 15) is 26.7 Å². The third kappa shape index (κ3) is 8.72. The van der Waals surface area contributed by atoms with Crippen LogP contribution in [0.1, 0.15) is 31.2 Å². The second-order valence-corrected chi connectivity index (χ2v) is 8.70. The first-order valence-electron chi connectivity index (χ1n) is 11.3. The number of anilines is 3. The van der Waals surface area contributed by atoms with Gasteiger partial charge < -0.3 is 20.6 Å². The summed E-state index contributed by atoms with van der Waals surface area (Å²) in [6.07, 6.45) is 0.0796. The summed E-state index contributed by atoms with van der Waals surface area (Å²) in [5, 5.41) is 13.5. The van der Waals surface area contributed by atoms with Gasteiger partial charge in [-0.1, -0.05) is 0 Å². The lowest BCUT2D eigenvalue weighted by Crippen LogP contribution is -2.45. The number of carboxylic acid groups (broad SMARTS) is 1. The quantitative estimate of drug-likeness (QED) is 0.492. The number of carbonyl (C=O) groups is 2. The van der Waals surface area contributed by atoms with Crippen molar-refractivity contribution in [1.29, 1.82) is 0 Å². The Kier molecular flexibility index (Phi) is 9.97. The number of aliphatic carboxylic acids is 1. The molecule has 0 bridgehead atoms. The van der Waals surface area contributed by atoms with Crippen molar-refractivity contribution >= 4 is 29.5 Å². The van der Waals surface area contributed by atoms with Crippen molar-refractivity contribution < 1.29 is 36.6 Å². The predicted octanol–water partition coefficient (Wildman–Crippen LogP) is 4.33.